The van der Waals surface area contributed by atoms with E-state index in [9.17, 15) is 0 Å². The van der Waals surface area contributed by atoms with Gasteiger partial charge in [-0.3, -0.25) is 0 Å². The molecule has 268 valence electrons. The lowest BCUT2D eigenvalue weighted by Crippen LogP contribution is -2.39. The predicted molar refractivity (Wildman–Crippen MR) is 234 cm³/mol. The third kappa shape index (κ3) is 4.69. The first kappa shape index (κ1) is 32.8. The minimum absolute atomic E-state index is 0.713. The van der Waals surface area contributed by atoms with Crippen molar-refractivity contribution in [3.63, 3.8) is 0 Å². The summed E-state index contributed by atoms with van der Waals surface area (Å²) in [6.07, 6.45) is 0. The van der Waals surface area contributed by atoms with Crippen LogP contribution in [0.25, 0.3) is 44.2 Å². The fourth-order valence-corrected chi connectivity index (χ4v) is 10.8. The lowest BCUT2D eigenvalue weighted by Gasteiger charge is -2.49. The van der Waals surface area contributed by atoms with Crippen LogP contribution in [0.1, 0.15) is 22.3 Å². The average Bonchev–Trinajstić information content (AvgIpc) is 3.63. The van der Waals surface area contributed by atoms with Gasteiger partial charge in [0.15, 0.2) is 5.58 Å². The molecule has 0 unspecified atom stereocenters. The maximum atomic E-state index is 7.13. The number of rotatable bonds is 4. The molecule has 4 heteroatoms. The van der Waals surface area contributed by atoms with Gasteiger partial charge in [0.2, 0.25) is 0 Å². The molecule has 1 spiro atoms. The fourth-order valence-electron chi connectivity index (χ4n) is 9.36. The molecule has 0 aliphatic carbocycles. The highest BCUT2D eigenvalue weighted by Crippen LogP contribution is 2.64. The average molecular weight is 738 g/mol. The highest BCUT2D eigenvalue weighted by Gasteiger charge is 2.51. The quantitative estimate of drug-likeness (QED) is 0.168. The molecule has 2 aliphatic rings. The van der Waals surface area contributed by atoms with Gasteiger partial charge in [0.25, 0.3) is 0 Å². The normalized spacial score (nSPS) is 13.9. The van der Waals surface area contributed by atoms with E-state index in [-0.39, 0.29) is 0 Å². The maximum Gasteiger partial charge on any atom is 0.159 e. The van der Waals surface area contributed by atoms with Crippen LogP contribution in [-0.4, -0.2) is 8.07 Å². The Morgan fingerprint density at radius 2 is 0.911 bits per heavy atom. The lowest BCUT2D eigenvalue weighted by molar-refractivity contribution is 0.434. The molecule has 11 rings (SSSR count). The Bertz CT molecular complexity index is 2860. The highest BCUT2D eigenvalue weighted by atomic mass is 28.3. The van der Waals surface area contributed by atoms with Crippen LogP contribution in [0.3, 0.4) is 0 Å². The topological polar surface area (TPSA) is 25.6 Å². The van der Waals surface area contributed by atoms with E-state index in [1.807, 2.05) is 0 Å². The van der Waals surface area contributed by atoms with Gasteiger partial charge in [0.1, 0.15) is 17.1 Å². The fraction of sp³-hybridized carbons (Fsp3) is 0.0769. The molecule has 9 aromatic rings. The molecule has 0 atom stereocenters. The van der Waals surface area contributed by atoms with Crippen molar-refractivity contribution in [2.75, 3.05) is 4.90 Å². The maximum absolute atomic E-state index is 7.13. The second kappa shape index (κ2) is 12.2. The van der Waals surface area contributed by atoms with Crippen molar-refractivity contribution in [3.05, 3.63) is 204 Å². The summed E-state index contributed by atoms with van der Waals surface area (Å²) in [4.78, 5) is 2.46. The van der Waals surface area contributed by atoms with Crippen LogP contribution in [0.4, 0.5) is 17.1 Å². The zero-order chi connectivity index (χ0) is 37.6. The van der Waals surface area contributed by atoms with Crippen molar-refractivity contribution in [3.8, 4) is 33.8 Å². The lowest BCUT2D eigenvalue weighted by atomic mass is 9.60. The second-order valence-corrected chi connectivity index (χ2v) is 21.1. The van der Waals surface area contributed by atoms with Gasteiger partial charge < -0.3 is 14.1 Å². The summed E-state index contributed by atoms with van der Waals surface area (Å²) in [5.41, 5.74) is 13.7. The van der Waals surface area contributed by atoms with Crippen LogP contribution in [-0.2, 0) is 5.41 Å². The molecule has 0 radical (unpaired) electrons. The molecular weight excluding hydrogens is 699 g/mol. The summed E-state index contributed by atoms with van der Waals surface area (Å²) in [6, 6.07) is 66.0. The Hall–Kier alpha value is -6.62. The molecule has 8 aromatic carbocycles. The van der Waals surface area contributed by atoms with Crippen LogP contribution in [0.5, 0.6) is 11.5 Å². The molecule has 0 amide bonds. The van der Waals surface area contributed by atoms with Crippen molar-refractivity contribution in [2.24, 2.45) is 0 Å². The standard InChI is InChI=1S/C52H39NO2Si/c1-56(2,3)49-27-15-21-39-38-20-14-24-46(50(38)55-51(39)49)53-44-30-28-36(34-16-6-4-7-17-34)32-42(44)52(43-33-37(29-31-45(43)53)35-18-8-5-9-19-35)40-22-10-12-25-47(40)54-48-26-13-11-23-41(48)52/h4-33H,1-3H3. The van der Waals surface area contributed by atoms with E-state index in [1.54, 1.807) is 0 Å². The molecule has 0 saturated carbocycles. The number of hydrogen-bond donors (Lipinski definition) is 0. The highest BCUT2D eigenvalue weighted by molar-refractivity contribution is 6.90. The number of furan rings is 1. The minimum atomic E-state index is -1.72. The number of fused-ring (bicyclic) bond motifs is 11. The Morgan fingerprint density at radius 3 is 1.46 bits per heavy atom. The summed E-state index contributed by atoms with van der Waals surface area (Å²) in [6.45, 7) is 7.18. The Kier molecular flexibility index (Phi) is 7.14. The first-order valence-electron chi connectivity index (χ1n) is 19.4. The van der Waals surface area contributed by atoms with Gasteiger partial charge in [-0.1, -0.05) is 159 Å². The smallest absolute Gasteiger partial charge is 0.159 e. The van der Waals surface area contributed by atoms with E-state index in [1.165, 1.54) is 32.8 Å². The summed E-state index contributed by atoms with van der Waals surface area (Å²) in [5.74, 6) is 1.73. The van der Waals surface area contributed by atoms with E-state index in [0.29, 0.717) is 0 Å². The van der Waals surface area contributed by atoms with Crippen LogP contribution in [0.2, 0.25) is 19.6 Å². The zero-order valence-corrected chi connectivity index (χ0v) is 32.6. The third-order valence-corrected chi connectivity index (χ3v) is 13.9. The van der Waals surface area contributed by atoms with Crippen LogP contribution >= 0.6 is 0 Å². The van der Waals surface area contributed by atoms with E-state index in [2.05, 4.69) is 207 Å². The molecule has 0 saturated heterocycles. The molecule has 2 aliphatic heterocycles. The summed E-state index contributed by atoms with van der Waals surface area (Å²) < 4.78 is 13.9. The number of para-hydroxylation sites is 4. The van der Waals surface area contributed by atoms with Crippen molar-refractivity contribution in [1.29, 1.82) is 0 Å². The first-order chi connectivity index (χ1) is 27.4. The second-order valence-electron chi connectivity index (χ2n) is 16.1. The van der Waals surface area contributed by atoms with Crippen molar-refractivity contribution in [2.45, 2.75) is 25.1 Å². The number of ether oxygens (including phenoxy) is 1. The summed E-state index contributed by atoms with van der Waals surface area (Å²) in [7, 11) is -1.72. The van der Waals surface area contributed by atoms with Crippen LogP contribution in [0, 0.1) is 0 Å². The van der Waals surface area contributed by atoms with Crippen molar-refractivity contribution >= 4 is 52.3 Å². The number of nitrogens with zero attached hydrogens (tertiary/aromatic N) is 1. The molecule has 3 heterocycles. The largest absolute Gasteiger partial charge is 0.457 e. The molecule has 0 fully saturated rings. The Morgan fingerprint density at radius 1 is 0.411 bits per heavy atom. The zero-order valence-electron chi connectivity index (χ0n) is 31.6. The monoisotopic (exact) mass is 737 g/mol. The van der Waals surface area contributed by atoms with Gasteiger partial charge in [0.05, 0.1) is 30.6 Å². The Labute approximate surface area is 328 Å². The van der Waals surface area contributed by atoms with E-state index in [4.69, 9.17) is 9.15 Å². The van der Waals surface area contributed by atoms with Gasteiger partial charge in [-0.15, -0.1) is 0 Å². The number of hydrogen-bond acceptors (Lipinski definition) is 3. The number of benzene rings is 8. The molecule has 0 N–H and O–H groups in total. The van der Waals surface area contributed by atoms with Gasteiger partial charge in [-0.05, 0) is 81.0 Å². The van der Waals surface area contributed by atoms with Gasteiger partial charge in [0, 0.05) is 21.9 Å². The SMILES string of the molecule is C[Si](C)(C)c1cccc2c1oc1c(N3c4ccc(-c5ccccc5)cc4C4(c5ccccc5Oc5ccccc54)c4cc(-c5ccccc5)ccc43)cccc12. The molecule has 56 heavy (non-hydrogen) atoms. The predicted octanol–water partition coefficient (Wildman–Crippen LogP) is 13.7. The summed E-state index contributed by atoms with van der Waals surface area (Å²) in [5, 5.41) is 3.64. The van der Waals surface area contributed by atoms with Crippen molar-refractivity contribution in [1.82, 2.24) is 0 Å². The third-order valence-electron chi connectivity index (χ3n) is 11.9. The molecule has 3 nitrogen and oxygen atoms in total. The molecular formula is C52H39NO2Si. The summed E-state index contributed by atoms with van der Waals surface area (Å²) >= 11 is 0. The van der Waals surface area contributed by atoms with E-state index in [0.717, 1.165) is 67.4 Å². The molecule has 1 aromatic heterocycles. The van der Waals surface area contributed by atoms with E-state index >= 15 is 0 Å². The van der Waals surface area contributed by atoms with Crippen LogP contribution in [0.15, 0.2) is 186 Å². The van der Waals surface area contributed by atoms with Crippen molar-refractivity contribution < 1.29 is 9.15 Å². The van der Waals surface area contributed by atoms with E-state index < -0.39 is 13.5 Å². The minimum Gasteiger partial charge on any atom is -0.457 e. The first-order valence-corrected chi connectivity index (χ1v) is 22.9. The van der Waals surface area contributed by atoms with Gasteiger partial charge in [-0.25, -0.2) is 0 Å². The molecule has 0 bridgehead atoms. The number of anilines is 3. The van der Waals surface area contributed by atoms with Gasteiger partial charge >= 0.3 is 0 Å². The van der Waals surface area contributed by atoms with Crippen LogP contribution < -0.4 is 14.8 Å². The van der Waals surface area contributed by atoms with Gasteiger partial charge in [-0.2, -0.15) is 0 Å². The Balaban J connectivity index is 1.30.